The van der Waals surface area contributed by atoms with E-state index in [9.17, 15) is 4.79 Å². The molecule has 0 radical (unpaired) electrons. The van der Waals surface area contributed by atoms with Gasteiger partial charge in [0.25, 0.3) is 0 Å². The Labute approximate surface area is 151 Å². The van der Waals surface area contributed by atoms with Gasteiger partial charge in [0.2, 0.25) is 5.91 Å². The lowest BCUT2D eigenvalue weighted by Crippen LogP contribution is -2.32. The van der Waals surface area contributed by atoms with Gasteiger partial charge in [-0.2, -0.15) is 0 Å². The topological polar surface area (TPSA) is 56.8 Å². The van der Waals surface area contributed by atoms with E-state index in [1.807, 2.05) is 25.1 Å². The summed E-state index contributed by atoms with van der Waals surface area (Å²) in [5, 5.41) is 3.60. The predicted octanol–water partition coefficient (Wildman–Crippen LogP) is 3.86. The van der Waals surface area contributed by atoms with Gasteiger partial charge in [-0.1, -0.05) is 11.6 Å². The van der Waals surface area contributed by atoms with Crippen molar-refractivity contribution in [2.45, 2.75) is 13.3 Å². The van der Waals surface area contributed by atoms with Crippen molar-refractivity contribution in [3.05, 3.63) is 46.5 Å². The molecule has 0 saturated heterocycles. The molecule has 0 aromatic heterocycles. The fourth-order valence-electron chi connectivity index (χ4n) is 2.88. The summed E-state index contributed by atoms with van der Waals surface area (Å²) in [5.41, 5.74) is 2.54. The first-order chi connectivity index (χ1) is 12.0. The Morgan fingerprint density at radius 2 is 1.92 bits per heavy atom. The Morgan fingerprint density at radius 3 is 2.64 bits per heavy atom. The molecular weight excluding hydrogens is 342 g/mol. The summed E-state index contributed by atoms with van der Waals surface area (Å²) < 4.78 is 16.3. The average molecular weight is 362 g/mol. The van der Waals surface area contributed by atoms with Crippen molar-refractivity contribution in [2.75, 3.05) is 26.1 Å². The molecule has 0 saturated carbocycles. The van der Waals surface area contributed by atoms with Crippen LogP contribution in [0.3, 0.4) is 0 Å². The first kappa shape index (κ1) is 17.4. The third-order valence-corrected chi connectivity index (χ3v) is 4.52. The lowest BCUT2D eigenvalue weighted by molar-refractivity contribution is -0.121. The Bertz CT molecular complexity index is 806. The third kappa shape index (κ3) is 3.66. The minimum absolute atomic E-state index is 0.0963. The molecule has 25 heavy (non-hydrogen) atoms. The number of hydrogen-bond acceptors (Lipinski definition) is 4. The molecule has 0 bridgehead atoms. The molecule has 5 nitrogen and oxygen atoms in total. The van der Waals surface area contributed by atoms with Gasteiger partial charge in [0.1, 0.15) is 12.4 Å². The van der Waals surface area contributed by atoms with E-state index in [4.69, 9.17) is 25.8 Å². The van der Waals surface area contributed by atoms with Crippen molar-refractivity contribution in [1.29, 1.82) is 0 Å². The third-order valence-electron chi connectivity index (χ3n) is 4.29. The number of aryl methyl sites for hydroxylation is 1. The maximum Gasteiger partial charge on any atom is 0.231 e. The maximum atomic E-state index is 12.7. The van der Waals surface area contributed by atoms with Crippen LogP contribution in [-0.4, -0.2) is 26.7 Å². The van der Waals surface area contributed by atoms with Gasteiger partial charge >= 0.3 is 0 Å². The molecule has 132 valence electrons. The van der Waals surface area contributed by atoms with E-state index in [-0.39, 0.29) is 11.8 Å². The van der Waals surface area contributed by atoms with Crippen LogP contribution in [0.1, 0.15) is 11.1 Å². The first-order valence-electron chi connectivity index (χ1n) is 7.96. The summed E-state index contributed by atoms with van der Waals surface area (Å²) in [5.74, 6) is 1.61. The SMILES string of the molecule is COc1cc(C)c(NC(=O)C2COc3ccc(Cl)cc3C2)cc1OC. The molecule has 0 fully saturated rings. The van der Waals surface area contributed by atoms with Crippen LogP contribution in [0.5, 0.6) is 17.2 Å². The highest BCUT2D eigenvalue weighted by Gasteiger charge is 2.26. The summed E-state index contributed by atoms with van der Waals surface area (Å²) in [6, 6.07) is 9.07. The zero-order valence-corrected chi connectivity index (χ0v) is 15.1. The molecule has 1 atom stereocenters. The standard InChI is InChI=1S/C19H20ClNO4/c1-11-6-17(23-2)18(24-3)9-15(11)21-19(22)13-7-12-8-14(20)4-5-16(12)25-10-13/h4-6,8-9,13H,7,10H2,1-3H3,(H,21,22). The molecule has 2 aromatic carbocycles. The highest BCUT2D eigenvalue weighted by atomic mass is 35.5. The number of hydrogen-bond donors (Lipinski definition) is 1. The molecule has 1 aliphatic rings. The van der Waals surface area contributed by atoms with E-state index in [2.05, 4.69) is 5.32 Å². The summed E-state index contributed by atoms with van der Waals surface area (Å²) in [6.45, 7) is 2.25. The van der Waals surface area contributed by atoms with E-state index in [1.165, 1.54) is 0 Å². The maximum absolute atomic E-state index is 12.7. The van der Waals surface area contributed by atoms with E-state index >= 15 is 0 Å². The lowest BCUT2D eigenvalue weighted by Gasteiger charge is -2.25. The number of carbonyl (C=O) groups is 1. The molecule has 0 spiro atoms. The number of rotatable bonds is 4. The highest BCUT2D eigenvalue weighted by Crippen LogP contribution is 2.34. The molecule has 3 rings (SSSR count). The van der Waals surface area contributed by atoms with Crippen LogP contribution >= 0.6 is 11.6 Å². The Balaban J connectivity index is 1.77. The number of nitrogens with one attached hydrogen (secondary N) is 1. The number of fused-ring (bicyclic) bond motifs is 1. The monoisotopic (exact) mass is 361 g/mol. The second-order valence-electron chi connectivity index (χ2n) is 5.98. The number of benzene rings is 2. The average Bonchev–Trinajstić information content (AvgIpc) is 2.62. The Morgan fingerprint density at radius 1 is 1.20 bits per heavy atom. The summed E-state index contributed by atoms with van der Waals surface area (Å²) in [6.07, 6.45) is 0.591. The first-order valence-corrected chi connectivity index (χ1v) is 8.34. The Kier molecular flexibility index (Phi) is 5.04. The second kappa shape index (κ2) is 7.23. The van der Waals surface area contributed by atoms with Gasteiger partial charge in [-0.3, -0.25) is 4.79 Å². The summed E-state index contributed by atoms with van der Waals surface area (Å²) in [4.78, 5) is 12.7. The predicted molar refractivity (Wildman–Crippen MR) is 97.1 cm³/mol. The number of amides is 1. The number of anilines is 1. The smallest absolute Gasteiger partial charge is 0.231 e. The quantitative estimate of drug-likeness (QED) is 0.898. The van der Waals surface area contributed by atoms with Crippen LogP contribution < -0.4 is 19.5 Å². The van der Waals surface area contributed by atoms with Gasteiger partial charge in [-0.25, -0.2) is 0 Å². The molecule has 2 aromatic rings. The van der Waals surface area contributed by atoms with Gasteiger partial charge in [0, 0.05) is 16.8 Å². The van der Waals surface area contributed by atoms with Crippen molar-refractivity contribution in [2.24, 2.45) is 5.92 Å². The van der Waals surface area contributed by atoms with Crippen LogP contribution in [0.2, 0.25) is 5.02 Å². The minimum atomic E-state index is -0.279. The van der Waals surface area contributed by atoms with Gasteiger partial charge in [0.15, 0.2) is 11.5 Å². The molecule has 1 N–H and O–H groups in total. The molecule has 6 heteroatoms. The van der Waals surface area contributed by atoms with Crippen molar-refractivity contribution < 1.29 is 19.0 Å². The van der Waals surface area contributed by atoms with E-state index in [1.54, 1.807) is 26.4 Å². The summed E-state index contributed by atoms with van der Waals surface area (Å²) >= 11 is 6.03. The van der Waals surface area contributed by atoms with E-state index in [0.29, 0.717) is 35.2 Å². The van der Waals surface area contributed by atoms with Crippen molar-refractivity contribution >= 4 is 23.2 Å². The molecule has 1 heterocycles. The van der Waals surface area contributed by atoms with Gasteiger partial charge in [0.05, 0.1) is 20.1 Å². The zero-order valence-electron chi connectivity index (χ0n) is 14.4. The number of ether oxygens (including phenoxy) is 3. The van der Waals surface area contributed by atoms with Crippen molar-refractivity contribution in [3.63, 3.8) is 0 Å². The van der Waals surface area contributed by atoms with E-state index < -0.39 is 0 Å². The van der Waals surface area contributed by atoms with Crippen LogP contribution in [-0.2, 0) is 11.2 Å². The van der Waals surface area contributed by atoms with Gasteiger partial charge in [-0.05, 0) is 48.7 Å². The largest absolute Gasteiger partial charge is 0.493 e. The molecule has 0 aliphatic carbocycles. The van der Waals surface area contributed by atoms with Gasteiger partial charge in [-0.15, -0.1) is 0 Å². The number of methoxy groups -OCH3 is 2. The van der Waals surface area contributed by atoms with Crippen LogP contribution in [0.4, 0.5) is 5.69 Å². The number of carbonyl (C=O) groups excluding carboxylic acids is 1. The molecule has 1 amide bonds. The van der Waals surface area contributed by atoms with Gasteiger partial charge < -0.3 is 19.5 Å². The molecule has 1 unspecified atom stereocenters. The van der Waals surface area contributed by atoms with Crippen molar-refractivity contribution in [1.82, 2.24) is 0 Å². The minimum Gasteiger partial charge on any atom is -0.493 e. The van der Waals surface area contributed by atoms with Crippen LogP contribution in [0, 0.1) is 12.8 Å². The number of halogens is 1. The van der Waals surface area contributed by atoms with Crippen LogP contribution in [0.15, 0.2) is 30.3 Å². The fraction of sp³-hybridized carbons (Fsp3) is 0.316. The zero-order chi connectivity index (χ0) is 18.0. The van der Waals surface area contributed by atoms with E-state index in [0.717, 1.165) is 16.9 Å². The lowest BCUT2D eigenvalue weighted by atomic mass is 9.96. The fourth-order valence-corrected chi connectivity index (χ4v) is 3.08. The van der Waals surface area contributed by atoms with Crippen molar-refractivity contribution in [3.8, 4) is 17.2 Å². The normalized spacial score (nSPS) is 15.8. The highest BCUT2D eigenvalue weighted by molar-refractivity contribution is 6.30. The van der Waals surface area contributed by atoms with Crippen LogP contribution in [0.25, 0.3) is 0 Å². The molecule has 1 aliphatic heterocycles. The second-order valence-corrected chi connectivity index (χ2v) is 6.41. The Hall–Kier alpha value is -2.40. The molecular formula is C19H20ClNO4. The summed E-state index contributed by atoms with van der Waals surface area (Å²) in [7, 11) is 3.14.